The van der Waals surface area contributed by atoms with E-state index in [1.165, 1.54) is 53.4 Å². The molecule has 0 unspecified atom stereocenters. The molecule has 1 aliphatic heterocycles. The zero-order valence-corrected chi connectivity index (χ0v) is 17.2. The maximum Gasteiger partial charge on any atom is 0.0217 e. The van der Waals surface area contributed by atoms with Crippen molar-refractivity contribution in [2.75, 3.05) is 26.2 Å². The molecule has 0 spiro atoms. The Morgan fingerprint density at radius 3 is 2.35 bits per heavy atom. The molecule has 0 aliphatic carbocycles. The minimum atomic E-state index is 0.209. The van der Waals surface area contributed by atoms with Gasteiger partial charge in [0.05, 0.1) is 0 Å². The van der Waals surface area contributed by atoms with Crippen LogP contribution >= 0.6 is 11.8 Å². The van der Waals surface area contributed by atoms with Gasteiger partial charge >= 0.3 is 0 Å². The molecule has 1 N–H and O–H groups in total. The summed E-state index contributed by atoms with van der Waals surface area (Å²) in [5.41, 5.74) is 2.98. The van der Waals surface area contributed by atoms with Crippen LogP contribution in [0.5, 0.6) is 0 Å². The molecule has 1 saturated heterocycles. The molecule has 0 bridgehead atoms. The summed E-state index contributed by atoms with van der Waals surface area (Å²) in [6, 6.07) is 17.8. The maximum absolute atomic E-state index is 3.63. The average Bonchev–Trinajstić information content (AvgIpc) is 3.13. The highest BCUT2D eigenvalue weighted by molar-refractivity contribution is 7.99. The summed E-state index contributed by atoms with van der Waals surface area (Å²) in [6.45, 7) is 12.5. The van der Waals surface area contributed by atoms with Gasteiger partial charge in [0.25, 0.3) is 0 Å². The van der Waals surface area contributed by atoms with Crippen LogP contribution in [0.1, 0.15) is 44.7 Å². The number of hydrogen-bond donors (Lipinski definition) is 1. The Bertz CT molecular complexity index is 682. The summed E-state index contributed by atoms with van der Waals surface area (Å²) < 4.78 is 0. The Morgan fingerprint density at radius 2 is 1.65 bits per heavy atom. The normalized spacial score (nSPS) is 15.5. The van der Waals surface area contributed by atoms with Gasteiger partial charge in [-0.2, -0.15) is 0 Å². The van der Waals surface area contributed by atoms with Crippen LogP contribution in [-0.2, 0) is 12.0 Å². The summed E-state index contributed by atoms with van der Waals surface area (Å²) in [6.07, 6.45) is 2.74. The lowest BCUT2D eigenvalue weighted by atomic mass is 9.87. The number of hydrogen-bond acceptors (Lipinski definition) is 3. The number of rotatable bonds is 7. The third-order valence-electron chi connectivity index (χ3n) is 5.04. The van der Waals surface area contributed by atoms with Crippen LogP contribution in [0.4, 0.5) is 0 Å². The van der Waals surface area contributed by atoms with Gasteiger partial charge in [-0.3, -0.25) is 0 Å². The number of nitrogens with zero attached hydrogens (tertiary/aromatic N) is 1. The van der Waals surface area contributed by atoms with E-state index in [-0.39, 0.29) is 5.41 Å². The molecular weight excluding hydrogens is 336 g/mol. The highest BCUT2D eigenvalue weighted by atomic mass is 32.2. The van der Waals surface area contributed by atoms with Crippen LogP contribution in [0.15, 0.2) is 58.3 Å². The fourth-order valence-electron chi connectivity index (χ4n) is 3.37. The van der Waals surface area contributed by atoms with Crippen LogP contribution in [0.3, 0.4) is 0 Å². The van der Waals surface area contributed by atoms with Gasteiger partial charge in [-0.1, -0.05) is 62.9 Å². The Labute approximate surface area is 163 Å². The summed E-state index contributed by atoms with van der Waals surface area (Å²) >= 11 is 1.87. The maximum atomic E-state index is 3.63. The monoisotopic (exact) mass is 368 g/mol. The van der Waals surface area contributed by atoms with E-state index in [1.54, 1.807) is 0 Å². The molecule has 2 nitrogen and oxygen atoms in total. The van der Waals surface area contributed by atoms with Crippen molar-refractivity contribution in [3.05, 3.63) is 59.7 Å². The second-order valence-electron chi connectivity index (χ2n) is 8.21. The lowest BCUT2D eigenvalue weighted by molar-refractivity contribution is 0.335. The van der Waals surface area contributed by atoms with Crippen molar-refractivity contribution in [3.8, 4) is 0 Å². The molecule has 3 heteroatoms. The van der Waals surface area contributed by atoms with E-state index in [1.807, 2.05) is 11.8 Å². The standard InChI is InChI=1S/C23H32N2S/c1-23(2,3)20-10-12-21(13-11-20)26-22-9-5-4-8-19(22)18-24-14-17-25-15-6-7-16-25/h4-5,8-13,24H,6-7,14-18H2,1-3H3. The van der Waals surface area contributed by atoms with Gasteiger partial charge in [-0.15, -0.1) is 0 Å². The third kappa shape index (κ3) is 5.60. The Balaban J connectivity index is 1.56. The molecule has 1 fully saturated rings. The third-order valence-corrected chi connectivity index (χ3v) is 6.17. The number of likely N-dealkylation sites (tertiary alicyclic amines) is 1. The van der Waals surface area contributed by atoms with Crippen molar-refractivity contribution < 1.29 is 0 Å². The van der Waals surface area contributed by atoms with Crippen LogP contribution in [0, 0.1) is 0 Å². The molecule has 3 rings (SSSR count). The number of nitrogens with one attached hydrogen (secondary N) is 1. The highest BCUT2D eigenvalue weighted by Crippen LogP contribution is 2.32. The summed E-state index contributed by atoms with van der Waals surface area (Å²) in [5.74, 6) is 0. The minimum absolute atomic E-state index is 0.209. The summed E-state index contributed by atoms with van der Waals surface area (Å²) in [4.78, 5) is 5.22. The van der Waals surface area contributed by atoms with Crippen molar-refractivity contribution in [2.24, 2.45) is 0 Å². The van der Waals surface area contributed by atoms with Crippen molar-refractivity contribution >= 4 is 11.8 Å². The lowest BCUT2D eigenvalue weighted by Gasteiger charge is -2.19. The molecule has 140 valence electrons. The molecule has 0 aromatic heterocycles. The van der Waals surface area contributed by atoms with E-state index in [2.05, 4.69) is 79.5 Å². The highest BCUT2D eigenvalue weighted by Gasteiger charge is 2.13. The molecule has 0 atom stereocenters. The van der Waals surface area contributed by atoms with E-state index in [0.29, 0.717) is 0 Å². The minimum Gasteiger partial charge on any atom is -0.311 e. The largest absolute Gasteiger partial charge is 0.311 e. The molecule has 0 radical (unpaired) electrons. The first kappa shape index (κ1) is 19.5. The second-order valence-corrected chi connectivity index (χ2v) is 9.33. The fraction of sp³-hybridized carbons (Fsp3) is 0.478. The van der Waals surface area contributed by atoms with E-state index in [4.69, 9.17) is 0 Å². The molecule has 0 amide bonds. The van der Waals surface area contributed by atoms with E-state index in [9.17, 15) is 0 Å². The van der Waals surface area contributed by atoms with Crippen molar-refractivity contribution in [1.82, 2.24) is 10.2 Å². The van der Waals surface area contributed by atoms with Gasteiger partial charge in [0.2, 0.25) is 0 Å². The van der Waals surface area contributed by atoms with Crippen LogP contribution in [0.25, 0.3) is 0 Å². The van der Waals surface area contributed by atoms with Crippen molar-refractivity contribution in [2.45, 2.75) is 55.4 Å². The quantitative estimate of drug-likeness (QED) is 0.666. The van der Waals surface area contributed by atoms with Gasteiger partial charge < -0.3 is 10.2 Å². The van der Waals surface area contributed by atoms with E-state index < -0.39 is 0 Å². The molecule has 2 aromatic carbocycles. The number of benzene rings is 2. The first-order valence-corrected chi connectivity index (χ1v) is 10.6. The van der Waals surface area contributed by atoms with E-state index in [0.717, 1.165) is 13.1 Å². The first-order valence-electron chi connectivity index (χ1n) is 9.82. The van der Waals surface area contributed by atoms with Gasteiger partial charge in [0.1, 0.15) is 0 Å². The van der Waals surface area contributed by atoms with Crippen LogP contribution < -0.4 is 5.32 Å². The average molecular weight is 369 g/mol. The lowest BCUT2D eigenvalue weighted by Crippen LogP contribution is -2.29. The molecule has 1 aliphatic rings. The zero-order chi connectivity index (χ0) is 18.4. The summed E-state index contributed by atoms with van der Waals surface area (Å²) in [7, 11) is 0. The Hall–Kier alpha value is -1.29. The Kier molecular flexibility index (Phi) is 6.80. The van der Waals surface area contributed by atoms with Gasteiger partial charge in [-0.25, -0.2) is 0 Å². The molecule has 0 saturated carbocycles. The van der Waals surface area contributed by atoms with Gasteiger partial charge in [0, 0.05) is 29.4 Å². The second kappa shape index (κ2) is 9.07. The molecule has 26 heavy (non-hydrogen) atoms. The first-order chi connectivity index (χ1) is 12.5. The summed E-state index contributed by atoms with van der Waals surface area (Å²) in [5, 5.41) is 3.63. The molecule has 2 aromatic rings. The van der Waals surface area contributed by atoms with Crippen LogP contribution in [-0.4, -0.2) is 31.1 Å². The molecular formula is C23H32N2S. The topological polar surface area (TPSA) is 15.3 Å². The molecule has 1 heterocycles. The Morgan fingerprint density at radius 1 is 0.962 bits per heavy atom. The van der Waals surface area contributed by atoms with Gasteiger partial charge in [0.15, 0.2) is 0 Å². The predicted molar refractivity (Wildman–Crippen MR) is 113 cm³/mol. The fourth-order valence-corrected chi connectivity index (χ4v) is 4.31. The van der Waals surface area contributed by atoms with Crippen molar-refractivity contribution in [3.63, 3.8) is 0 Å². The smallest absolute Gasteiger partial charge is 0.0217 e. The predicted octanol–water partition coefficient (Wildman–Crippen LogP) is 5.32. The van der Waals surface area contributed by atoms with Crippen LogP contribution in [0.2, 0.25) is 0 Å². The van der Waals surface area contributed by atoms with Crippen molar-refractivity contribution in [1.29, 1.82) is 0 Å². The SMILES string of the molecule is CC(C)(C)c1ccc(Sc2ccccc2CNCCN2CCCC2)cc1. The van der Waals surface area contributed by atoms with E-state index >= 15 is 0 Å². The zero-order valence-electron chi connectivity index (χ0n) is 16.4. The van der Waals surface area contributed by atoms with Gasteiger partial charge in [-0.05, 0) is 60.7 Å².